The molecule has 4 N–H and O–H groups in total. The summed E-state index contributed by atoms with van der Waals surface area (Å²) in [6.45, 7) is 1.30. The molecular weight excluding hydrogens is 447 g/mol. The number of ether oxygens (including phenoxy) is 1. The first-order chi connectivity index (χ1) is 16.1. The molecule has 0 saturated carbocycles. The van der Waals surface area contributed by atoms with Crippen molar-refractivity contribution < 1.29 is 19.2 Å². The Kier molecular flexibility index (Phi) is 9.74. The molecule has 0 bridgehead atoms. The highest BCUT2D eigenvalue weighted by Gasteiger charge is 2.35. The van der Waals surface area contributed by atoms with E-state index in [2.05, 4.69) is 25.6 Å². The van der Waals surface area contributed by atoms with Crippen molar-refractivity contribution in [2.75, 3.05) is 24.6 Å². The van der Waals surface area contributed by atoms with Crippen LogP contribution < -0.4 is 16.3 Å². The number of nitrogens with zero attached hydrogens (tertiary/aromatic N) is 3. The molecule has 2 aromatic rings. The number of aliphatic hydroxyl groups excluding tert-OH is 1. The third-order valence-electron chi connectivity index (χ3n) is 5.24. The van der Waals surface area contributed by atoms with Crippen LogP contribution in [0.3, 0.4) is 0 Å². The van der Waals surface area contributed by atoms with Gasteiger partial charge in [0.05, 0.1) is 36.6 Å². The third-order valence-corrected chi connectivity index (χ3v) is 5.75. The molecule has 178 valence electrons. The number of H-pyrrole nitrogens is 1. The Balaban J connectivity index is 1.28. The number of imidazole rings is 1. The average molecular weight is 476 g/mol. The molecule has 33 heavy (non-hydrogen) atoms. The number of carbonyl (C=O) groups is 1. The normalized spacial score (nSPS) is 20.5. The van der Waals surface area contributed by atoms with Crippen molar-refractivity contribution >= 4 is 26.3 Å². The van der Waals surface area contributed by atoms with Crippen LogP contribution in [0.4, 0.5) is 5.82 Å². The van der Waals surface area contributed by atoms with Gasteiger partial charge >= 0.3 is 5.69 Å². The Bertz CT molecular complexity index is 980. The number of aromatic amines is 1. The number of carbonyl (C=O) groups excluding carboxylic acids is 1. The lowest BCUT2D eigenvalue weighted by Gasteiger charge is -2.14. The average Bonchev–Trinajstić information content (AvgIpc) is 3.44. The quantitative estimate of drug-likeness (QED) is 0.194. The summed E-state index contributed by atoms with van der Waals surface area (Å²) in [6, 6.07) is 1.70. The van der Waals surface area contributed by atoms with Crippen LogP contribution in [0.15, 0.2) is 35.7 Å². The molecule has 3 unspecified atom stereocenters. The molecule has 1 aliphatic heterocycles. The van der Waals surface area contributed by atoms with E-state index < -0.39 is 24.1 Å². The molecular formula is C21H29N6O5P. The van der Waals surface area contributed by atoms with Crippen molar-refractivity contribution in [3.05, 3.63) is 47.0 Å². The van der Waals surface area contributed by atoms with E-state index in [1.807, 2.05) is 0 Å². The van der Waals surface area contributed by atoms with Gasteiger partial charge in [-0.05, 0) is 25.0 Å². The lowest BCUT2D eigenvalue weighted by molar-refractivity contribution is -0.116. The minimum absolute atomic E-state index is 0.102. The summed E-state index contributed by atoms with van der Waals surface area (Å²) >= 11 is 0. The first-order valence-electron chi connectivity index (χ1n) is 11.0. The van der Waals surface area contributed by atoms with Gasteiger partial charge in [0, 0.05) is 31.8 Å². The second kappa shape index (κ2) is 13.0. The van der Waals surface area contributed by atoms with Crippen LogP contribution in [-0.4, -0.2) is 62.0 Å². The maximum absolute atomic E-state index is 12.3. The zero-order valence-corrected chi connectivity index (χ0v) is 19.1. The minimum atomic E-state index is -0.757. The first-order valence-corrected chi connectivity index (χ1v) is 12.0. The summed E-state index contributed by atoms with van der Waals surface area (Å²) in [6.07, 6.45) is 10.2. The molecule has 1 fully saturated rings. The van der Waals surface area contributed by atoms with Crippen LogP contribution in [0.5, 0.6) is 0 Å². The van der Waals surface area contributed by atoms with E-state index in [-0.39, 0.29) is 27.0 Å². The van der Waals surface area contributed by atoms with Gasteiger partial charge in [-0.3, -0.25) is 13.9 Å². The molecule has 1 amide bonds. The molecule has 1 aliphatic rings. The van der Waals surface area contributed by atoms with E-state index >= 15 is 0 Å². The van der Waals surface area contributed by atoms with Crippen molar-refractivity contribution in [1.29, 1.82) is 0 Å². The summed E-state index contributed by atoms with van der Waals surface area (Å²) in [4.78, 5) is 34.8. The number of nitrogens with one attached hydrogen (secondary N) is 3. The smallest absolute Gasteiger partial charge is 0.351 e. The lowest BCUT2D eigenvalue weighted by atomic mass is 10.2. The van der Waals surface area contributed by atoms with Crippen LogP contribution in [0.1, 0.15) is 44.0 Å². The molecule has 1 saturated heterocycles. The molecule has 0 radical (unpaired) electrons. The number of amides is 1. The van der Waals surface area contributed by atoms with Gasteiger partial charge in [-0.25, -0.2) is 9.78 Å². The van der Waals surface area contributed by atoms with E-state index in [1.165, 1.54) is 10.6 Å². The Morgan fingerprint density at radius 2 is 2.15 bits per heavy atom. The van der Waals surface area contributed by atoms with E-state index in [4.69, 9.17) is 4.74 Å². The fraction of sp³-hybridized carbons (Fsp3) is 0.524. The SMILES string of the molecule is O=PCC1OC(n2ccc(NCCCCCCNC(=O)C=Cc3cnc[nH]3)nc2=O)CC1O. The van der Waals surface area contributed by atoms with Crippen molar-refractivity contribution in [2.24, 2.45) is 0 Å². The van der Waals surface area contributed by atoms with Gasteiger partial charge in [0.2, 0.25) is 5.91 Å². The van der Waals surface area contributed by atoms with Crippen LogP contribution in [0.2, 0.25) is 0 Å². The summed E-state index contributed by atoms with van der Waals surface area (Å²) in [5.74, 6) is 0.353. The maximum atomic E-state index is 12.3. The lowest BCUT2D eigenvalue weighted by Crippen LogP contribution is -2.27. The van der Waals surface area contributed by atoms with Crippen molar-refractivity contribution in [3.63, 3.8) is 0 Å². The molecule has 0 aromatic carbocycles. The first kappa shape index (κ1) is 24.8. The Morgan fingerprint density at radius 3 is 2.88 bits per heavy atom. The third kappa shape index (κ3) is 7.88. The monoisotopic (exact) mass is 476 g/mol. The van der Waals surface area contributed by atoms with Gasteiger partial charge in [0.1, 0.15) is 12.0 Å². The van der Waals surface area contributed by atoms with Gasteiger partial charge in [-0.15, -0.1) is 0 Å². The highest BCUT2D eigenvalue weighted by atomic mass is 31.1. The summed E-state index contributed by atoms with van der Waals surface area (Å²) in [5.41, 5.74) is 0.314. The highest BCUT2D eigenvalue weighted by Crippen LogP contribution is 2.29. The Hall–Kier alpha value is -2.88. The number of hydrogen-bond donors (Lipinski definition) is 4. The maximum Gasteiger partial charge on any atom is 0.351 e. The summed E-state index contributed by atoms with van der Waals surface area (Å²) in [5, 5.41) is 15.9. The van der Waals surface area contributed by atoms with Crippen LogP contribution in [-0.2, 0) is 14.1 Å². The summed E-state index contributed by atoms with van der Waals surface area (Å²) < 4.78 is 17.7. The van der Waals surface area contributed by atoms with Crippen molar-refractivity contribution in [2.45, 2.75) is 50.5 Å². The van der Waals surface area contributed by atoms with Gasteiger partial charge < -0.3 is 25.5 Å². The van der Waals surface area contributed by atoms with Crippen molar-refractivity contribution in [1.82, 2.24) is 24.8 Å². The fourth-order valence-electron chi connectivity index (χ4n) is 3.47. The van der Waals surface area contributed by atoms with Crippen LogP contribution in [0, 0.1) is 0 Å². The molecule has 0 aliphatic carbocycles. The highest BCUT2D eigenvalue weighted by molar-refractivity contribution is 7.23. The molecule has 12 heteroatoms. The zero-order chi connectivity index (χ0) is 23.5. The van der Waals surface area contributed by atoms with Gasteiger partial charge in [-0.1, -0.05) is 12.8 Å². The standard InChI is InChI=1S/C21H29N6O5P/c28-16-11-20(32-17(16)13-33-31)27-10-7-18(26-21(27)30)23-8-3-1-2-4-9-24-19(29)6-5-15-12-22-14-25-15/h5-7,10,12,14,16-17,20,28H,1-4,8-9,11,13H2,(H,22,25)(H,24,29)(H,23,26,30). The van der Waals surface area contributed by atoms with E-state index in [1.54, 1.807) is 30.9 Å². The predicted octanol–water partition coefficient (Wildman–Crippen LogP) is 1.71. The molecule has 3 rings (SSSR count). The van der Waals surface area contributed by atoms with E-state index in [0.29, 0.717) is 18.9 Å². The Labute approximate surface area is 192 Å². The number of aromatic nitrogens is 4. The largest absolute Gasteiger partial charge is 0.390 e. The molecule has 3 heterocycles. The van der Waals surface area contributed by atoms with Crippen LogP contribution in [0.25, 0.3) is 6.08 Å². The number of aliphatic hydroxyl groups is 1. The molecule has 0 spiro atoms. The van der Waals surface area contributed by atoms with E-state index in [9.17, 15) is 19.3 Å². The van der Waals surface area contributed by atoms with E-state index in [0.717, 1.165) is 31.4 Å². The fourth-order valence-corrected chi connectivity index (χ4v) is 3.94. The number of rotatable bonds is 13. The molecule has 2 aromatic heterocycles. The molecule has 3 atom stereocenters. The topological polar surface area (TPSA) is 151 Å². The van der Waals surface area contributed by atoms with Crippen LogP contribution >= 0.6 is 8.46 Å². The Morgan fingerprint density at radius 1 is 1.33 bits per heavy atom. The summed E-state index contributed by atoms with van der Waals surface area (Å²) in [7, 11) is -0.102. The van der Waals surface area contributed by atoms with Gasteiger partial charge in [-0.2, -0.15) is 4.98 Å². The second-order valence-electron chi connectivity index (χ2n) is 7.72. The number of unbranched alkanes of at least 4 members (excludes halogenated alkanes) is 3. The van der Waals surface area contributed by atoms with Gasteiger partial charge in [0.15, 0.2) is 8.46 Å². The second-order valence-corrected chi connectivity index (χ2v) is 8.34. The zero-order valence-electron chi connectivity index (χ0n) is 18.2. The minimum Gasteiger partial charge on any atom is -0.390 e. The number of hydrogen-bond acceptors (Lipinski definition) is 8. The van der Waals surface area contributed by atoms with Gasteiger partial charge in [0.25, 0.3) is 0 Å². The number of anilines is 1. The predicted molar refractivity (Wildman–Crippen MR) is 123 cm³/mol. The molecule has 11 nitrogen and oxygen atoms in total. The van der Waals surface area contributed by atoms with Crippen molar-refractivity contribution in [3.8, 4) is 0 Å².